The molecule has 1 heterocycles. The van der Waals surface area contributed by atoms with Crippen molar-refractivity contribution in [3.05, 3.63) is 87.1 Å². The Balaban J connectivity index is 1.39. The lowest BCUT2D eigenvalue weighted by Crippen LogP contribution is -2.35. The number of hydrogen-bond acceptors (Lipinski definition) is 5. The second-order valence-corrected chi connectivity index (χ2v) is 8.73. The first kappa shape index (κ1) is 18.9. The number of anilines is 1. The van der Waals surface area contributed by atoms with Crippen molar-refractivity contribution in [1.82, 2.24) is 4.90 Å². The maximum atomic E-state index is 13.1. The average Bonchev–Trinajstić information content (AvgIpc) is 3.48. The molecule has 5 nitrogen and oxygen atoms in total. The molecular weight excluding hydrogens is 396 g/mol. The van der Waals surface area contributed by atoms with Gasteiger partial charge in [-0.2, -0.15) is 0 Å². The summed E-state index contributed by atoms with van der Waals surface area (Å²) < 4.78 is 0. The molecule has 3 aromatic rings. The highest BCUT2D eigenvalue weighted by Gasteiger charge is 2.33. The SMILES string of the molecule is O=C(CN(Cc1cccs1)C1CC1)Nc1cccc2c1C(=O)c1ccccc1C2=O. The number of ketones is 2. The van der Waals surface area contributed by atoms with Gasteiger partial charge in [-0.25, -0.2) is 0 Å². The summed E-state index contributed by atoms with van der Waals surface area (Å²) in [5.41, 5.74) is 1.82. The first-order valence-electron chi connectivity index (χ1n) is 9.99. The molecule has 1 saturated carbocycles. The molecule has 1 fully saturated rings. The fraction of sp³-hybridized carbons (Fsp3) is 0.208. The summed E-state index contributed by atoms with van der Waals surface area (Å²) in [6.45, 7) is 0.998. The number of hydrogen-bond donors (Lipinski definition) is 1. The first-order chi connectivity index (χ1) is 14.6. The summed E-state index contributed by atoms with van der Waals surface area (Å²) in [6, 6.07) is 16.4. The highest BCUT2D eigenvalue weighted by Crippen LogP contribution is 2.32. The van der Waals surface area contributed by atoms with Crippen molar-refractivity contribution in [2.75, 3.05) is 11.9 Å². The van der Waals surface area contributed by atoms with Gasteiger partial charge in [-0.1, -0.05) is 42.5 Å². The highest BCUT2D eigenvalue weighted by molar-refractivity contribution is 7.09. The Labute approximate surface area is 178 Å². The highest BCUT2D eigenvalue weighted by atomic mass is 32.1. The van der Waals surface area contributed by atoms with E-state index in [1.54, 1.807) is 53.8 Å². The van der Waals surface area contributed by atoms with Crippen molar-refractivity contribution >= 4 is 34.5 Å². The molecule has 1 amide bonds. The van der Waals surface area contributed by atoms with Crippen molar-refractivity contribution in [1.29, 1.82) is 0 Å². The number of benzene rings is 2. The molecule has 0 aliphatic heterocycles. The summed E-state index contributed by atoms with van der Waals surface area (Å²) in [5, 5.41) is 4.93. The minimum atomic E-state index is -0.228. The maximum Gasteiger partial charge on any atom is 0.238 e. The van der Waals surface area contributed by atoms with Crippen LogP contribution in [0.25, 0.3) is 0 Å². The quantitative estimate of drug-likeness (QED) is 0.513. The molecule has 150 valence electrons. The van der Waals surface area contributed by atoms with E-state index in [4.69, 9.17) is 0 Å². The lowest BCUT2D eigenvalue weighted by Gasteiger charge is -2.23. The van der Waals surface area contributed by atoms with Crippen molar-refractivity contribution in [2.45, 2.75) is 25.4 Å². The molecule has 5 rings (SSSR count). The molecule has 2 aliphatic rings. The molecule has 0 spiro atoms. The zero-order valence-electron chi connectivity index (χ0n) is 16.3. The Morgan fingerprint density at radius 1 is 0.933 bits per heavy atom. The van der Waals surface area contributed by atoms with Crippen LogP contribution in [0.3, 0.4) is 0 Å². The van der Waals surface area contributed by atoms with Crippen molar-refractivity contribution < 1.29 is 14.4 Å². The van der Waals surface area contributed by atoms with Crippen molar-refractivity contribution in [2.24, 2.45) is 0 Å². The van der Waals surface area contributed by atoms with Gasteiger partial charge in [0.1, 0.15) is 0 Å². The minimum Gasteiger partial charge on any atom is -0.324 e. The van der Waals surface area contributed by atoms with Crippen molar-refractivity contribution in [3.63, 3.8) is 0 Å². The van der Waals surface area contributed by atoms with Crippen molar-refractivity contribution in [3.8, 4) is 0 Å². The van der Waals surface area contributed by atoms with Gasteiger partial charge >= 0.3 is 0 Å². The van der Waals surface area contributed by atoms with Gasteiger partial charge in [-0.3, -0.25) is 19.3 Å². The lowest BCUT2D eigenvalue weighted by molar-refractivity contribution is -0.117. The molecule has 0 atom stereocenters. The standard InChI is InChI=1S/C24H20N2O3S/c27-21(14-26(15-10-11-15)13-16-5-4-12-30-16)25-20-9-3-8-19-22(20)24(29)18-7-2-1-6-17(18)23(19)28/h1-9,12,15H,10-11,13-14H2,(H,25,27). The molecule has 0 radical (unpaired) electrons. The van der Waals surface area contributed by atoms with Crippen LogP contribution in [-0.2, 0) is 11.3 Å². The van der Waals surface area contributed by atoms with Gasteiger partial charge in [0.25, 0.3) is 0 Å². The zero-order valence-corrected chi connectivity index (χ0v) is 17.1. The van der Waals surface area contributed by atoms with Crippen LogP contribution in [0, 0.1) is 0 Å². The predicted molar refractivity (Wildman–Crippen MR) is 116 cm³/mol. The molecular formula is C24H20N2O3S. The molecule has 30 heavy (non-hydrogen) atoms. The van der Waals surface area contributed by atoms with E-state index in [0.717, 1.165) is 19.4 Å². The Bertz CT molecular complexity index is 1150. The van der Waals surface area contributed by atoms with Gasteiger partial charge in [-0.15, -0.1) is 11.3 Å². The summed E-state index contributed by atoms with van der Waals surface area (Å²) in [6.07, 6.45) is 2.20. The summed E-state index contributed by atoms with van der Waals surface area (Å²) in [4.78, 5) is 42.2. The molecule has 1 N–H and O–H groups in total. The van der Waals surface area contributed by atoms with Gasteiger partial charge in [0.2, 0.25) is 5.91 Å². The van der Waals surface area contributed by atoms with E-state index in [-0.39, 0.29) is 29.6 Å². The normalized spacial score (nSPS) is 15.1. The summed E-state index contributed by atoms with van der Waals surface area (Å²) in [7, 11) is 0. The Kier molecular flexibility index (Phi) is 4.81. The van der Waals surface area contributed by atoms with E-state index in [0.29, 0.717) is 28.4 Å². The number of carbonyl (C=O) groups excluding carboxylic acids is 3. The van der Waals surface area contributed by atoms with Crippen LogP contribution < -0.4 is 5.32 Å². The smallest absolute Gasteiger partial charge is 0.238 e. The Morgan fingerprint density at radius 2 is 1.67 bits per heavy atom. The first-order valence-corrected chi connectivity index (χ1v) is 10.9. The largest absolute Gasteiger partial charge is 0.324 e. The fourth-order valence-electron chi connectivity index (χ4n) is 3.98. The molecule has 2 aliphatic carbocycles. The van der Waals surface area contributed by atoms with E-state index in [1.807, 2.05) is 11.4 Å². The molecule has 0 bridgehead atoms. The molecule has 1 aromatic heterocycles. The van der Waals surface area contributed by atoms with Crippen LogP contribution in [0.5, 0.6) is 0 Å². The fourth-order valence-corrected chi connectivity index (χ4v) is 4.71. The van der Waals surface area contributed by atoms with E-state index < -0.39 is 0 Å². The Hall–Kier alpha value is -3.09. The van der Waals surface area contributed by atoms with Gasteiger partial charge < -0.3 is 5.32 Å². The number of amides is 1. The summed E-state index contributed by atoms with van der Waals surface area (Å²) >= 11 is 1.68. The minimum absolute atomic E-state index is 0.175. The van der Waals surface area contributed by atoms with E-state index in [1.165, 1.54) is 4.88 Å². The van der Waals surface area contributed by atoms with Crippen LogP contribution >= 0.6 is 11.3 Å². The average molecular weight is 417 g/mol. The van der Waals surface area contributed by atoms with Gasteiger partial charge in [-0.05, 0) is 30.4 Å². The third-order valence-corrected chi connectivity index (χ3v) is 6.44. The predicted octanol–water partition coefficient (Wildman–Crippen LogP) is 4.13. The molecule has 6 heteroatoms. The third-order valence-electron chi connectivity index (χ3n) is 5.58. The zero-order chi connectivity index (χ0) is 20.7. The van der Waals surface area contributed by atoms with Crippen LogP contribution in [0.15, 0.2) is 60.0 Å². The van der Waals surface area contributed by atoms with Gasteiger partial charge in [0.15, 0.2) is 11.6 Å². The number of rotatable bonds is 6. The van der Waals surface area contributed by atoms with Gasteiger partial charge in [0.05, 0.1) is 17.8 Å². The van der Waals surface area contributed by atoms with Gasteiger partial charge in [0, 0.05) is 34.2 Å². The third kappa shape index (κ3) is 3.49. The number of thiophene rings is 1. The molecule has 0 saturated heterocycles. The molecule has 0 unspecified atom stereocenters. The van der Waals surface area contributed by atoms with Crippen LogP contribution in [0.2, 0.25) is 0 Å². The number of nitrogens with one attached hydrogen (secondary N) is 1. The van der Waals surface area contributed by atoms with Crippen LogP contribution in [0.4, 0.5) is 5.69 Å². The maximum absolute atomic E-state index is 13.1. The van der Waals surface area contributed by atoms with E-state index in [9.17, 15) is 14.4 Å². The number of nitrogens with zero attached hydrogens (tertiary/aromatic N) is 1. The lowest BCUT2D eigenvalue weighted by atomic mass is 9.83. The second-order valence-electron chi connectivity index (χ2n) is 7.70. The Morgan fingerprint density at radius 3 is 2.37 bits per heavy atom. The second kappa shape index (κ2) is 7.63. The topological polar surface area (TPSA) is 66.5 Å². The van der Waals surface area contributed by atoms with Crippen LogP contribution in [0.1, 0.15) is 49.6 Å². The number of carbonyl (C=O) groups is 3. The van der Waals surface area contributed by atoms with Crippen LogP contribution in [-0.4, -0.2) is 35.0 Å². The monoisotopic (exact) mass is 416 g/mol. The number of fused-ring (bicyclic) bond motifs is 2. The van der Waals surface area contributed by atoms with E-state index >= 15 is 0 Å². The van der Waals surface area contributed by atoms with E-state index in [2.05, 4.69) is 16.3 Å². The summed E-state index contributed by atoms with van der Waals surface area (Å²) in [5.74, 6) is -0.590. The molecule has 2 aromatic carbocycles.